The second-order valence-corrected chi connectivity index (χ2v) is 4.02. The molecule has 0 saturated heterocycles. The van der Waals surface area contributed by atoms with Crippen molar-refractivity contribution in [3.63, 3.8) is 0 Å². The van der Waals surface area contributed by atoms with Crippen molar-refractivity contribution in [3.05, 3.63) is 35.9 Å². The van der Waals surface area contributed by atoms with Gasteiger partial charge < -0.3 is 0 Å². The maximum atomic E-state index is 4.29. The molecule has 0 N–H and O–H groups in total. The van der Waals surface area contributed by atoms with Gasteiger partial charge in [-0.2, -0.15) is 0 Å². The minimum Gasteiger partial charge on any atom is -0.271 e. The fourth-order valence-electron chi connectivity index (χ4n) is 1.27. The summed E-state index contributed by atoms with van der Waals surface area (Å²) in [6.45, 7) is 6.35. The van der Waals surface area contributed by atoms with Crippen LogP contribution in [0.5, 0.6) is 0 Å². The summed E-state index contributed by atoms with van der Waals surface area (Å²) in [4.78, 5) is 8.50. The second kappa shape index (κ2) is 6.94. The SMILES string of the molecule is CCC(C)N=CN=CC(C)c1ccccc1. The molecular weight excluding hydrogens is 196 g/mol. The highest BCUT2D eigenvalue weighted by atomic mass is 14.9. The molecule has 1 aromatic rings. The maximum Gasteiger partial charge on any atom is 0.109 e. The summed E-state index contributed by atoms with van der Waals surface area (Å²) in [5.41, 5.74) is 1.28. The van der Waals surface area contributed by atoms with Crippen molar-refractivity contribution in [1.82, 2.24) is 0 Å². The Labute approximate surface area is 98.1 Å². The maximum absolute atomic E-state index is 4.29. The lowest BCUT2D eigenvalue weighted by molar-refractivity contribution is 0.719. The molecule has 2 atom stereocenters. The van der Waals surface area contributed by atoms with Gasteiger partial charge in [0, 0.05) is 18.2 Å². The van der Waals surface area contributed by atoms with Crippen LogP contribution in [0, 0.1) is 0 Å². The van der Waals surface area contributed by atoms with Gasteiger partial charge >= 0.3 is 0 Å². The van der Waals surface area contributed by atoms with Crippen LogP contribution in [0.1, 0.15) is 38.7 Å². The molecule has 0 aromatic heterocycles. The molecule has 0 heterocycles. The third-order valence-electron chi connectivity index (χ3n) is 2.61. The molecule has 0 amide bonds. The van der Waals surface area contributed by atoms with Gasteiger partial charge in [0.1, 0.15) is 6.34 Å². The lowest BCUT2D eigenvalue weighted by atomic mass is 10.0. The van der Waals surface area contributed by atoms with E-state index in [0.29, 0.717) is 12.0 Å². The van der Waals surface area contributed by atoms with Crippen molar-refractivity contribution in [1.29, 1.82) is 0 Å². The zero-order valence-corrected chi connectivity index (χ0v) is 10.3. The molecule has 16 heavy (non-hydrogen) atoms. The zero-order chi connectivity index (χ0) is 11.8. The minimum atomic E-state index is 0.338. The standard InChI is InChI=1S/C14H20N2/c1-4-13(3)16-11-15-10-12(2)14-8-6-5-7-9-14/h5-13H,4H2,1-3H3. The summed E-state index contributed by atoms with van der Waals surface area (Å²) in [6, 6.07) is 10.7. The van der Waals surface area contributed by atoms with Crippen molar-refractivity contribution in [2.75, 3.05) is 0 Å². The summed E-state index contributed by atoms with van der Waals surface area (Å²) in [5, 5.41) is 0. The summed E-state index contributed by atoms with van der Waals surface area (Å²) < 4.78 is 0. The van der Waals surface area contributed by atoms with Crippen molar-refractivity contribution in [2.24, 2.45) is 9.98 Å². The monoisotopic (exact) mass is 216 g/mol. The predicted octanol–water partition coefficient (Wildman–Crippen LogP) is 3.69. The fraction of sp³-hybridized carbons (Fsp3) is 0.429. The summed E-state index contributed by atoms with van der Waals surface area (Å²) in [6.07, 6.45) is 4.65. The van der Waals surface area contributed by atoms with Crippen LogP contribution in [-0.2, 0) is 0 Å². The van der Waals surface area contributed by atoms with Crippen LogP contribution in [0.25, 0.3) is 0 Å². The third-order valence-corrected chi connectivity index (χ3v) is 2.61. The average Bonchev–Trinajstić information content (AvgIpc) is 2.35. The average molecular weight is 216 g/mol. The highest BCUT2D eigenvalue weighted by Crippen LogP contribution is 2.11. The van der Waals surface area contributed by atoms with Gasteiger partial charge in [0.15, 0.2) is 0 Å². The van der Waals surface area contributed by atoms with Gasteiger partial charge in [-0.1, -0.05) is 44.2 Å². The Morgan fingerprint density at radius 3 is 2.50 bits per heavy atom. The topological polar surface area (TPSA) is 24.7 Å². The Bertz CT molecular complexity index is 341. The van der Waals surface area contributed by atoms with Crippen molar-refractivity contribution >= 4 is 12.6 Å². The van der Waals surface area contributed by atoms with E-state index < -0.39 is 0 Å². The lowest BCUT2D eigenvalue weighted by Crippen LogP contribution is -1.96. The summed E-state index contributed by atoms with van der Waals surface area (Å²) >= 11 is 0. The smallest absolute Gasteiger partial charge is 0.109 e. The lowest BCUT2D eigenvalue weighted by Gasteiger charge is -2.04. The molecule has 0 aliphatic carbocycles. The van der Waals surface area contributed by atoms with Crippen LogP contribution in [0.4, 0.5) is 0 Å². The molecule has 2 heteroatoms. The number of benzene rings is 1. The molecule has 1 rings (SSSR count). The predicted molar refractivity (Wildman–Crippen MR) is 71.6 cm³/mol. The number of hydrogen-bond donors (Lipinski definition) is 0. The van der Waals surface area contributed by atoms with Crippen LogP contribution in [0.3, 0.4) is 0 Å². The Kier molecular flexibility index (Phi) is 5.48. The molecule has 0 aliphatic heterocycles. The van der Waals surface area contributed by atoms with Crippen LogP contribution in [-0.4, -0.2) is 18.6 Å². The first kappa shape index (κ1) is 12.6. The number of nitrogens with zero attached hydrogens (tertiary/aromatic N) is 2. The molecule has 1 aromatic carbocycles. The molecule has 0 bridgehead atoms. The Balaban J connectivity index is 2.49. The zero-order valence-electron chi connectivity index (χ0n) is 10.3. The molecule has 2 nitrogen and oxygen atoms in total. The van der Waals surface area contributed by atoms with Crippen LogP contribution in [0.2, 0.25) is 0 Å². The van der Waals surface area contributed by atoms with Gasteiger partial charge in [0.25, 0.3) is 0 Å². The molecule has 0 aliphatic rings. The van der Waals surface area contributed by atoms with Crippen LogP contribution >= 0.6 is 0 Å². The van der Waals surface area contributed by atoms with E-state index in [0.717, 1.165) is 6.42 Å². The number of aliphatic imine (C=N–C) groups is 2. The van der Waals surface area contributed by atoms with E-state index in [2.05, 4.69) is 42.9 Å². The molecular formula is C14H20N2. The normalized spacial score (nSPS) is 15.7. The van der Waals surface area contributed by atoms with E-state index >= 15 is 0 Å². The van der Waals surface area contributed by atoms with E-state index in [9.17, 15) is 0 Å². The van der Waals surface area contributed by atoms with E-state index in [4.69, 9.17) is 0 Å². The Morgan fingerprint density at radius 1 is 1.19 bits per heavy atom. The molecule has 0 spiro atoms. The van der Waals surface area contributed by atoms with Gasteiger partial charge in [0.05, 0.1) is 0 Å². The fourth-order valence-corrected chi connectivity index (χ4v) is 1.27. The molecule has 2 unspecified atom stereocenters. The summed E-state index contributed by atoms with van der Waals surface area (Å²) in [5.74, 6) is 0.338. The molecule has 0 radical (unpaired) electrons. The highest BCUT2D eigenvalue weighted by molar-refractivity contribution is 5.77. The van der Waals surface area contributed by atoms with Gasteiger partial charge in [-0.25, -0.2) is 4.99 Å². The second-order valence-electron chi connectivity index (χ2n) is 4.02. The first-order chi connectivity index (χ1) is 7.74. The minimum absolute atomic E-state index is 0.338. The van der Waals surface area contributed by atoms with E-state index in [1.807, 2.05) is 24.4 Å². The highest BCUT2D eigenvalue weighted by Gasteiger charge is 1.99. The molecule has 0 fully saturated rings. The Morgan fingerprint density at radius 2 is 1.88 bits per heavy atom. The molecule has 86 valence electrons. The molecule has 0 saturated carbocycles. The quantitative estimate of drug-likeness (QED) is 0.530. The van der Waals surface area contributed by atoms with Crippen molar-refractivity contribution in [3.8, 4) is 0 Å². The van der Waals surface area contributed by atoms with Gasteiger partial charge in [0.2, 0.25) is 0 Å². The third kappa shape index (κ3) is 4.39. The van der Waals surface area contributed by atoms with Crippen LogP contribution in [0.15, 0.2) is 40.3 Å². The number of hydrogen-bond acceptors (Lipinski definition) is 1. The first-order valence-corrected chi connectivity index (χ1v) is 5.84. The van der Waals surface area contributed by atoms with Crippen LogP contribution < -0.4 is 0 Å². The Hall–Kier alpha value is -1.44. The van der Waals surface area contributed by atoms with E-state index in [1.165, 1.54) is 5.56 Å². The van der Waals surface area contributed by atoms with Gasteiger partial charge in [-0.3, -0.25) is 4.99 Å². The van der Waals surface area contributed by atoms with Gasteiger partial charge in [-0.15, -0.1) is 0 Å². The first-order valence-electron chi connectivity index (χ1n) is 5.84. The van der Waals surface area contributed by atoms with Gasteiger partial charge in [-0.05, 0) is 18.9 Å². The largest absolute Gasteiger partial charge is 0.271 e. The van der Waals surface area contributed by atoms with E-state index in [1.54, 1.807) is 6.34 Å². The number of rotatable bonds is 5. The van der Waals surface area contributed by atoms with Crippen molar-refractivity contribution in [2.45, 2.75) is 39.2 Å². The summed E-state index contributed by atoms with van der Waals surface area (Å²) in [7, 11) is 0. The van der Waals surface area contributed by atoms with Crippen molar-refractivity contribution < 1.29 is 0 Å². The van der Waals surface area contributed by atoms with E-state index in [-0.39, 0.29) is 0 Å².